The molecule has 0 aliphatic carbocycles. The molecule has 112 valence electrons. The summed E-state index contributed by atoms with van der Waals surface area (Å²) in [5, 5.41) is 2.08. The van der Waals surface area contributed by atoms with Crippen molar-refractivity contribution >= 4 is 17.2 Å². The maximum atomic E-state index is 12.5. The van der Waals surface area contributed by atoms with Crippen LogP contribution in [0.2, 0.25) is 0 Å². The van der Waals surface area contributed by atoms with Gasteiger partial charge in [0.1, 0.15) is 6.04 Å². The first-order valence-electron chi connectivity index (χ1n) is 7.09. The van der Waals surface area contributed by atoms with Gasteiger partial charge >= 0.3 is 0 Å². The molecule has 2 aromatic heterocycles. The van der Waals surface area contributed by atoms with Crippen LogP contribution in [0.1, 0.15) is 18.7 Å². The number of carbonyl (C=O) groups is 1. The Labute approximate surface area is 128 Å². The second-order valence-corrected chi connectivity index (χ2v) is 5.99. The third kappa shape index (κ3) is 3.30. The van der Waals surface area contributed by atoms with E-state index in [1.54, 1.807) is 23.9 Å². The second kappa shape index (κ2) is 6.36. The minimum absolute atomic E-state index is 0.168. The summed E-state index contributed by atoms with van der Waals surface area (Å²) in [5.41, 5.74) is 2.98. The average molecular weight is 305 g/mol. The zero-order valence-corrected chi connectivity index (χ0v) is 12.9. The van der Waals surface area contributed by atoms with Crippen LogP contribution in [0.25, 0.3) is 0 Å². The van der Waals surface area contributed by atoms with Gasteiger partial charge in [-0.1, -0.05) is 0 Å². The number of hydrogen-bond donors (Lipinski definition) is 0. The molecule has 0 bridgehead atoms. The van der Waals surface area contributed by atoms with Crippen LogP contribution in [0.3, 0.4) is 0 Å². The molecular weight excluding hydrogens is 286 g/mol. The van der Waals surface area contributed by atoms with E-state index in [-0.39, 0.29) is 11.9 Å². The molecule has 1 amide bonds. The lowest BCUT2D eigenvalue weighted by Crippen LogP contribution is -2.49. The molecule has 1 fully saturated rings. The Balaban J connectivity index is 1.52. The minimum atomic E-state index is -0.183. The molecule has 1 atom stereocenters. The monoisotopic (exact) mass is 305 g/mol. The van der Waals surface area contributed by atoms with Crippen LogP contribution >= 0.6 is 11.3 Å². The largest absolute Gasteiger partial charge is 0.338 e. The highest BCUT2D eigenvalue weighted by Gasteiger charge is 2.25. The first-order chi connectivity index (χ1) is 10.2. The average Bonchev–Trinajstić information content (AvgIpc) is 3.20. The SMILES string of the molecule is C[C@@H](C(=O)N1CCN(Cc2cscn2)CC1)n1ccnc1. The van der Waals surface area contributed by atoms with Crippen LogP contribution in [-0.4, -0.2) is 56.4 Å². The van der Waals surface area contributed by atoms with E-state index in [2.05, 4.69) is 20.2 Å². The van der Waals surface area contributed by atoms with Crippen LogP contribution < -0.4 is 0 Å². The van der Waals surface area contributed by atoms with Crippen LogP contribution in [0.15, 0.2) is 29.6 Å². The summed E-state index contributed by atoms with van der Waals surface area (Å²) in [6, 6.07) is -0.183. The molecule has 0 spiro atoms. The fourth-order valence-electron chi connectivity index (χ4n) is 2.56. The minimum Gasteiger partial charge on any atom is -0.338 e. The fraction of sp³-hybridized carbons (Fsp3) is 0.500. The number of thiazole rings is 1. The van der Waals surface area contributed by atoms with Gasteiger partial charge in [0.2, 0.25) is 5.91 Å². The van der Waals surface area contributed by atoms with Crippen LogP contribution in [0.4, 0.5) is 0 Å². The smallest absolute Gasteiger partial charge is 0.245 e. The number of aromatic nitrogens is 3. The van der Waals surface area contributed by atoms with E-state index < -0.39 is 0 Å². The summed E-state index contributed by atoms with van der Waals surface area (Å²) in [7, 11) is 0. The zero-order valence-electron chi connectivity index (χ0n) is 12.1. The highest BCUT2D eigenvalue weighted by atomic mass is 32.1. The van der Waals surface area contributed by atoms with Crippen molar-refractivity contribution in [3.63, 3.8) is 0 Å². The molecule has 3 rings (SSSR count). The van der Waals surface area contributed by atoms with Gasteiger partial charge in [0, 0.05) is 50.5 Å². The number of hydrogen-bond acceptors (Lipinski definition) is 5. The molecule has 0 N–H and O–H groups in total. The predicted molar refractivity (Wildman–Crippen MR) is 80.9 cm³/mol. The van der Waals surface area contributed by atoms with Gasteiger partial charge in [0.05, 0.1) is 17.5 Å². The molecule has 21 heavy (non-hydrogen) atoms. The van der Waals surface area contributed by atoms with Crippen molar-refractivity contribution in [1.29, 1.82) is 0 Å². The number of carbonyl (C=O) groups excluding carboxylic acids is 1. The fourth-order valence-corrected chi connectivity index (χ4v) is 3.11. The summed E-state index contributed by atoms with van der Waals surface area (Å²) in [4.78, 5) is 25.1. The lowest BCUT2D eigenvalue weighted by Gasteiger charge is -2.35. The molecule has 0 aromatic carbocycles. The molecule has 6 nitrogen and oxygen atoms in total. The van der Waals surface area contributed by atoms with Gasteiger partial charge in [-0.2, -0.15) is 0 Å². The quantitative estimate of drug-likeness (QED) is 0.853. The third-order valence-corrected chi connectivity index (χ3v) is 4.52. The maximum Gasteiger partial charge on any atom is 0.245 e. The Morgan fingerprint density at radius 2 is 2.19 bits per heavy atom. The Kier molecular flexibility index (Phi) is 4.31. The van der Waals surface area contributed by atoms with Crippen molar-refractivity contribution in [2.24, 2.45) is 0 Å². The number of imidazole rings is 1. The summed E-state index contributed by atoms with van der Waals surface area (Å²) >= 11 is 1.63. The number of rotatable bonds is 4. The van der Waals surface area contributed by atoms with E-state index in [0.29, 0.717) is 0 Å². The summed E-state index contributed by atoms with van der Waals surface area (Å²) in [5.74, 6) is 0.168. The number of piperazine rings is 1. The van der Waals surface area contributed by atoms with Gasteiger partial charge in [-0.15, -0.1) is 11.3 Å². The molecule has 1 aliphatic rings. The Bertz CT molecular complexity index is 560. The number of amides is 1. The second-order valence-electron chi connectivity index (χ2n) is 5.27. The normalized spacial score (nSPS) is 17.9. The molecule has 0 unspecified atom stereocenters. The van der Waals surface area contributed by atoms with Crippen LogP contribution in [-0.2, 0) is 11.3 Å². The van der Waals surface area contributed by atoms with Crippen molar-refractivity contribution in [1.82, 2.24) is 24.3 Å². The summed E-state index contributed by atoms with van der Waals surface area (Å²) < 4.78 is 1.85. The van der Waals surface area contributed by atoms with E-state index in [0.717, 1.165) is 38.4 Å². The lowest BCUT2D eigenvalue weighted by molar-refractivity contribution is -0.136. The highest BCUT2D eigenvalue weighted by Crippen LogP contribution is 2.13. The molecule has 1 aliphatic heterocycles. The van der Waals surface area contributed by atoms with Gasteiger partial charge in [-0.3, -0.25) is 9.69 Å². The molecular formula is C14H19N5OS. The molecule has 0 radical (unpaired) electrons. The van der Waals surface area contributed by atoms with Gasteiger partial charge in [-0.25, -0.2) is 9.97 Å². The van der Waals surface area contributed by atoms with Crippen molar-refractivity contribution < 1.29 is 4.79 Å². The third-order valence-electron chi connectivity index (χ3n) is 3.88. The standard InChI is InChI=1S/C14H19N5OS/c1-12(19-3-2-15-10-19)14(20)18-6-4-17(5-7-18)8-13-9-21-11-16-13/h2-3,9-12H,4-8H2,1H3/t12-/m0/s1. The Morgan fingerprint density at radius 1 is 1.38 bits per heavy atom. The molecule has 2 aromatic rings. The van der Waals surface area contributed by atoms with Gasteiger partial charge in [-0.05, 0) is 6.92 Å². The predicted octanol–water partition coefficient (Wildman–Crippen LogP) is 1.24. The molecule has 0 saturated carbocycles. The Morgan fingerprint density at radius 3 is 2.81 bits per heavy atom. The van der Waals surface area contributed by atoms with E-state index in [9.17, 15) is 4.79 Å². The zero-order chi connectivity index (χ0) is 14.7. The van der Waals surface area contributed by atoms with Crippen LogP contribution in [0.5, 0.6) is 0 Å². The van der Waals surface area contributed by atoms with E-state index in [4.69, 9.17) is 0 Å². The van der Waals surface area contributed by atoms with Crippen molar-refractivity contribution in [2.45, 2.75) is 19.5 Å². The van der Waals surface area contributed by atoms with Gasteiger partial charge in [0.15, 0.2) is 0 Å². The Hall–Kier alpha value is -1.73. The maximum absolute atomic E-state index is 12.5. The molecule has 7 heteroatoms. The highest BCUT2D eigenvalue weighted by molar-refractivity contribution is 7.07. The van der Waals surface area contributed by atoms with Crippen LogP contribution in [0, 0.1) is 0 Å². The first-order valence-corrected chi connectivity index (χ1v) is 8.04. The van der Waals surface area contributed by atoms with Gasteiger partial charge < -0.3 is 9.47 Å². The van der Waals surface area contributed by atoms with E-state index in [1.807, 2.05) is 28.1 Å². The van der Waals surface area contributed by atoms with Crippen molar-refractivity contribution in [3.05, 3.63) is 35.3 Å². The van der Waals surface area contributed by atoms with Crippen molar-refractivity contribution in [2.75, 3.05) is 26.2 Å². The number of nitrogens with zero attached hydrogens (tertiary/aromatic N) is 5. The summed E-state index contributed by atoms with van der Waals surface area (Å²) in [6.07, 6.45) is 5.23. The molecule has 1 saturated heterocycles. The van der Waals surface area contributed by atoms with E-state index >= 15 is 0 Å². The molecule has 3 heterocycles. The van der Waals surface area contributed by atoms with E-state index in [1.165, 1.54) is 0 Å². The summed E-state index contributed by atoms with van der Waals surface area (Å²) in [6.45, 7) is 6.16. The topological polar surface area (TPSA) is 54.3 Å². The van der Waals surface area contributed by atoms with Crippen molar-refractivity contribution in [3.8, 4) is 0 Å². The van der Waals surface area contributed by atoms with Gasteiger partial charge in [0.25, 0.3) is 0 Å². The first kappa shape index (κ1) is 14.2. The lowest BCUT2D eigenvalue weighted by atomic mass is 10.2.